The number of hydrogen-bond donors (Lipinski definition) is 1. The van der Waals surface area contributed by atoms with Gasteiger partial charge >= 0.3 is 0 Å². The van der Waals surface area contributed by atoms with Crippen molar-refractivity contribution in [3.8, 4) is 0 Å². The van der Waals surface area contributed by atoms with Gasteiger partial charge in [-0.05, 0) is 30.8 Å². The maximum absolute atomic E-state index is 13.5. The van der Waals surface area contributed by atoms with Crippen LogP contribution in [0.1, 0.15) is 6.42 Å². The Morgan fingerprint density at radius 1 is 1.44 bits per heavy atom. The highest BCUT2D eigenvalue weighted by Gasteiger charge is 2.07. The van der Waals surface area contributed by atoms with Gasteiger partial charge in [-0.15, -0.1) is 6.58 Å². The zero-order chi connectivity index (χ0) is 13.0. The highest BCUT2D eigenvalue weighted by molar-refractivity contribution is 7.71. The molecule has 0 aliphatic heterocycles. The molecule has 96 valence electrons. The van der Waals surface area contributed by atoms with Crippen LogP contribution in [0.5, 0.6) is 0 Å². The van der Waals surface area contributed by atoms with Gasteiger partial charge in [0.15, 0.2) is 4.77 Å². The fourth-order valence-electron chi connectivity index (χ4n) is 1.79. The van der Waals surface area contributed by atoms with E-state index < -0.39 is 0 Å². The van der Waals surface area contributed by atoms with Crippen LogP contribution in [-0.4, -0.2) is 22.8 Å². The summed E-state index contributed by atoms with van der Waals surface area (Å²) in [5, 5.41) is 0. The lowest BCUT2D eigenvalue weighted by Crippen LogP contribution is -2.06. The third-order valence-corrected chi connectivity index (χ3v) is 3.01. The van der Waals surface area contributed by atoms with E-state index in [1.165, 1.54) is 6.07 Å². The molecule has 0 saturated heterocycles. The molecule has 0 aliphatic rings. The molecule has 1 heterocycles. The van der Waals surface area contributed by atoms with Gasteiger partial charge in [0.05, 0.1) is 18.7 Å². The summed E-state index contributed by atoms with van der Waals surface area (Å²) in [6.07, 6.45) is 2.64. The maximum atomic E-state index is 13.5. The lowest BCUT2D eigenvalue weighted by molar-refractivity contribution is 0.131. The summed E-state index contributed by atoms with van der Waals surface area (Å²) in [7, 11) is 0. The van der Waals surface area contributed by atoms with Crippen molar-refractivity contribution in [1.82, 2.24) is 9.55 Å². The van der Waals surface area contributed by atoms with Gasteiger partial charge in [-0.2, -0.15) is 0 Å². The van der Waals surface area contributed by atoms with E-state index in [0.29, 0.717) is 30.0 Å². The molecule has 1 aromatic carbocycles. The number of aromatic nitrogens is 2. The van der Waals surface area contributed by atoms with Crippen molar-refractivity contribution in [3.63, 3.8) is 0 Å². The molecule has 0 fully saturated rings. The molecule has 0 amide bonds. The van der Waals surface area contributed by atoms with Gasteiger partial charge < -0.3 is 14.3 Å². The number of imidazole rings is 1. The van der Waals surface area contributed by atoms with E-state index in [-0.39, 0.29) is 5.82 Å². The van der Waals surface area contributed by atoms with E-state index in [1.54, 1.807) is 6.07 Å². The Morgan fingerprint density at radius 2 is 2.28 bits per heavy atom. The number of ether oxygens (including phenoxy) is 1. The van der Waals surface area contributed by atoms with E-state index in [0.717, 1.165) is 11.9 Å². The zero-order valence-electron chi connectivity index (χ0n) is 9.99. The summed E-state index contributed by atoms with van der Waals surface area (Å²) in [4.78, 5) is 2.88. The first-order valence-corrected chi connectivity index (χ1v) is 6.20. The Labute approximate surface area is 110 Å². The van der Waals surface area contributed by atoms with Crippen LogP contribution in [0.4, 0.5) is 4.39 Å². The SMILES string of the molecule is C=CCCOCCn1c(=S)[nH]c2c(F)cccc21. The Balaban J connectivity index is 2.13. The van der Waals surface area contributed by atoms with Crippen LogP contribution in [-0.2, 0) is 11.3 Å². The average Bonchev–Trinajstić information content (AvgIpc) is 2.68. The molecule has 5 heteroatoms. The van der Waals surface area contributed by atoms with Crippen molar-refractivity contribution in [3.05, 3.63) is 41.4 Å². The molecule has 1 aromatic heterocycles. The Bertz CT molecular complexity index is 603. The number of benzene rings is 1. The number of halogens is 1. The molecular weight excluding hydrogens is 251 g/mol. The van der Waals surface area contributed by atoms with Gasteiger partial charge in [0, 0.05) is 6.54 Å². The maximum Gasteiger partial charge on any atom is 0.178 e. The summed E-state index contributed by atoms with van der Waals surface area (Å²) in [6.45, 7) is 5.43. The summed E-state index contributed by atoms with van der Waals surface area (Å²) < 4.78 is 21.3. The average molecular weight is 266 g/mol. The fourth-order valence-corrected chi connectivity index (χ4v) is 2.08. The monoisotopic (exact) mass is 266 g/mol. The minimum absolute atomic E-state index is 0.287. The molecule has 0 aliphatic carbocycles. The van der Waals surface area contributed by atoms with Crippen LogP contribution in [0.3, 0.4) is 0 Å². The molecule has 0 radical (unpaired) electrons. The van der Waals surface area contributed by atoms with E-state index in [4.69, 9.17) is 17.0 Å². The van der Waals surface area contributed by atoms with E-state index in [1.807, 2.05) is 16.7 Å². The summed E-state index contributed by atoms with van der Waals surface area (Å²) in [5.74, 6) is -0.287. The first kappa shape index (κ1) is 13.0. The Kier molecular flexibility index (Phi) is 4.28. The molecule has 0 unspecified atom stereocenters. The minimum atomic E-state index is -0.287. The molecule has 0 bridgehead atoms. The summed E-state index contributed by atoms with van der Waals surface area (Å²) in [6, 6.07) is 4.93. The molecule has 2 rings (SSSR count). The van der Waals surface area contributed by atoms with Gasteiger partial charge in [-0.3, -0.25) is 0 Å². The largest absolute Gasteiger partial charge is 0.379 e. The van der Waals surface area contributed by atoms with Gasteiger partial charge in [0.25, 0.3) is 0 Å². The summed E-state index contributed by atoms with van der Waals surface area (Å²) >= 11 is 5.18. The third-order valence-electron chi connectivity index (χ3n) is 2.69. The molecule has 18 heavy (non-hydrogen) atoms. The van der Waals surface area contributed by atoms with Gasteiger partial charge in [-0.25, -0.2) is 4.39 Å². The predicted octanol–water partition coefficient (Wildman–Crippen LogP) is 3.43. The topological polar surface area (TPSA) is 29.9 Å². The van der Waals surface area contributed by atoms with Gasteiger partial charge in [0.1, 0.15) is 11.3 Å². The number of hydrogen-bond acceptors (Lipinski definition) is 2. The van der Waals surface area contributed by atoms with Crippen molar-refractivity contribution in [2.45, 2.75) is 13.0 Å². The number of rotatable bonds is 6. The van der Waals surface area contributed by atoms with Crippen molar-refractivity contribution in [1.29, 1.82) is 0 Å². The quantitative estimate of drug-likeness (QED) is 0.493. The number of nitrogens with one attached hydrogen (secondary N) is 1. The Hall–Kier alpha value is -1.46. The number of para-hydroxylation sites is 1. The third kappa shape index (κ3) is 2.68. The lowest BCUT2D eigenvalue weighted by Gasteiger charge is -2.05. The second-order valence-corrected chi connectivity index (χ2v) is 4.29. The molecule has 0 saturated carbocycles. The minimum Gasteiger partial charge on any atom is -0.379 e. The second kappa shape index (κ2) is 5.93. The molecule has 3 nitrogen and oxygen atoms in total. The lowest BCUT2D eigenvalue weighted by atomic mass is 10.3. The van der Waals surface area contributed by atoms with E-state index >= 15 is 0 Å². The van der Waals surface area contributed by atoms with Crippen LogP contribution in [0.15, 0.2) is 30.9 Å². The van der Waals surface area contributed by atoms with E-state index in [2.05, 4.69) is 11.6 Å². The highest BCUT2D eigenvalue weighted by atomic mass is 32.1. The van der Waals surface area contributed by atoms with Crippen molar-refractivity contribution in [2.75, 3.05) is 13.2 Å². The van der Waals surface area contributed by atoms with Crippen LogP contribution in [0.2, 0.25) is 0 Å². The van der Waals surface area contributed by atoms with Gasteiger partial charge in [0.2, 0.25) is 0 Å². The molecule has 0 atom stereocenters. The molecule has 1 N–H and O–H groups in total. The first-order valence-electron chi connectivity index (χ1n) is 5.79. The van der Waals surface area contributed by atoms with Crippen molar-refractivity contribution >= 4 is 23.3 Å². The van der Waals surface area contributed by atoms with E-state index in [9.17, 15) is 4.39 Å². The van der Waals surface area contributed by atoms with Crippen LogP contribution < -0.4 is 0 Å². The Morgan fingerprint density at radius 3 is 3.06 bits per heavy atom. The first-order chi connectivity index (χ1) is 8.74. The summed E-state index contributed by atoms with van der Waals surface area (Å²) in [5.41, 5.74) is 1.22. The number of aromatic amines is 1. The van der Waals surface area contributed by atoms with Gasteiger partial charge in [-0.1, -0.05) is 12.1 Å². The second-order valence-electron chi connectivity index (χ2n) is 3.91. The number of nitrogens with zero attached hydrogens (tertiary/aromatic N) is 1. The fraction of sp³-hybridized carbons (Fsp3) is 0.308. The normalized spacial score (nSPS) is 10.9. The smallest absolute Gasteiger partial charge is 0.178 e. The molecular formula is C13H15FN2OS. The van der Waals surface area contributed by atoms with Crippen LogP contribution in [0.25, 0.3) is 11.0 Å². The standard InChI is InChI=1S/C13H15FN2OS/c1-2-3-8-17-9-7-16-11-6-4-5-10(14)12(11)15-13(16)18/h2,4-6H,1,3,7-9H2,(H,15,18). The van der Waals surface area contributed by atoms with Crippen molar-refractivity contribution in [2.24, 2.45) is 0 Å². The number of fused-ring (bicyclic) bond motifs is 1. The highest BCUT2D eigenvalue weighted by Crippen LogP contribution is 2.17. The van der Waals surface area contributed by atoms with Crippen LogP contribution in [0, 0.1) is 10.6 Å². The predicted molar refractivity (Wildman–Crippen MR) is 72.7 cm³/mol. The molecule has 2 aromatic rings. The zero-order valence-corrected chi connectivity index (χ0v) is 10.8. The molecule has 0 spiro atoms. The number of H-pyrrole nitrogens is 1. The van der Waals surface area contributed by atoms with Crippen LogP contribution >= 0.6 is 12.2 Å². The van der Waals surface area contributed by atoms with Crippen molar-refractivity contribution < 1.29 is 9.13 Å².